The van der Waals surface area contributed by atoms with E-state index in [2.05, 4.69) is 15.0 Å². The normalized spacial score (nSPS) is 11.0. The number of azide groups is 1. The molecule has 130 valence electrons. The molecule has 3 aromatic rings. The molecule has 0 bridgehead atoms. The average Bonchev–Trinajstić information content (AvgIpc) is 2.62. The lowest BCUT2D eigenvalue weighted by molar-refractivity contribution is 0.602. The summed E-state index contributed by atoms with van der Waals surface area (Å²) in [6.45, 7) is 0. The molecule has 0 fully saturated rings. The van der Waals surface area contributed by atoms with Crippen molar-refractivity contribution in [3.63, 3.8) is 0 Å². The van der Waals surface area contributed by atoms with Gasteiger partial charge in [0.25, 0.3) is 0 Å². The van der Waals surface area contributed by atoms with Crippen LogP contribution >= 0.6 is 0 Å². The predicted octanol–water partition coefficient (Wildman–Crippen LogP) is 4.90. The van der Waals surface area contributed by atoms with Crippen molar-refractivity contribution in [2.75, 3.05) is 6.26 Å². The second kappa shape index (κ2) is 6.95. The zero-order valence-electron chi connectivity index (χ0n) is 13.7. The van der Waals surface area contributed by atoms with Crippen LogP contribution in [0.5, 0.6) is 0 Å². The van der Waals surface area contributed by atoms with Crippen LogP contribution in [0, 0.1) is 5.82 Å². The lowest BCUT2D eigenvalue weighted by atomic mass is 9.99. The van der Waals surface area contributed by atoms with Crippen LogP contribution in [0.1, 0.15) is 0 Å². The number of nitrogens with zero attached hydrogens (tertiary/aromatic N) is 4. The molecule has 0 spiro atoms. The van der Waals surface area contributed by atoms with Gasteiger partial charge in [0.2, 0.25) is 0 Å². The van der Waals surface area contributed by atoms with E-state index in [1.807, 2.05) is 0 Å². The van der Waals surface area contributed by atoms with E-state index in [4.69, 9.17) is 5.53 Å². The van der Waals surface area contributed by atoms with Gasteiger partial charge in [0.05, 0.1) is 10.6 Å². The molecule has 0 saturated carbocycles. The Morgan fingerprint density at radius 2 is 1.58 bits per heavy atom. The summed E-state index contributed by atoms with van der Waals surface area (Å²) >= 11 is 0. The third kappa shape index (κ3) is 3.72. The third-order valence-electron chi connectivity index (χ3n) is 3.74. The van der Waals surface area contributed by atoms with Crippen LogP contribution in [-0.4, -0.2) is 19.7 Å². The summed E-state index contributed by atoms with van der Waals surface area (Å²) in [4.78, 5) is 7.29. The number of benzene rings is 2. The van der Waals surface area contributed by atoms with Gasteiger partial charge in [0, 0.05) is 22.3 Å². The lowest BCUT2D eigenvalue weighted by Gasteiger charge is -2.11. The monoisotopic (exact) mass is 368 g/mol. The first-order chi connectivity index (χ1) is 12.4. The maximum absolute atomic E-state index is 13.2. The first kappa shape index (κ1) is 17.6. The van der Waals surface area contributed by atoms with Crippen LogP contribution in [0.25, 0.3) is 32.8 Å². The van der Waals surface area contributed by atoms with Gasteiger partial charge >= 0.3 is 0 Å². The molecule has 0 unspecified atom stereocenters. The fraction of sp³-hybridized carbons (Fsp3) is 0.0556. The van der Waals surface area contributed by atoms with Gasteiger partial charge in [-0.15, -0.1) is 0 Å². The van der Waals surface area contributed by atoms with Gasteiger partial charge in [-0.05, 0) is 58.7 Å². The number of hydrogen-bond donors (Lipinski definition) is 0. The van der Waals surface area contributed by atoms with Crippen molar-refractivity contribution in [2.45, 2.75) is 4.90 Å². The molecule has 6 nitrogen and oxygen atoms in total. The molecule has 26 heavy (non-hydrogen) atoms. The van der Waals surface area contributed by atoms with E-state index in [-0.39, 0.29) is 16.5 Å². The summed E-state index contributed by atoms with van der Waals surface area (Å²) in [5, 5.41) is 3.51. The Bertz CT molecular complexity index is 1100. The maximum Gasteiger partial charge on any atom is 0.175 e. The smallest absolute Gasteiger partial charge is 0.175 e. The third-order valence-corrected chi connectivity index (χ3v) is 4.87. The van der Waals surface area contributed by atoms with E-state index in [9.17, 15) is 12.8 Å². The van der Waals surface area contributed by atoms with E-state index in [0.717, 1.165) is 11.8 Å². The van der Waals surface area contributed by atoms with Crippen LogP contribution in [0.2, 0.25) is 0 Å². The van der Waals surface area contributed by atoms with Crippen molar-refractivity contribution in [3.05, 3.63) is 76.9 Å². The highest BCUT2D eigenvalue weighted by atomic mass is 32.2. The standard InChI is InChI=1S/C18H13FN4O2S/c1-26(24,25)15-8-4-12(5-9-15)16-10-11-17(22-23-20)21-18(16)13-2-6-14(19)7-3-13/h2-11H,1H3. The Morgan fingerprint density at radius 1 is 0.962 bits per heavy atom. The van der Waals surface area contributed by atoms with Crippen LogP contribution in [0.15, 0.2) is 70.7 Å². The molecule has 8 heteroatoms. The first-order valence-electron chi connectivity index (χ1n) is 7.51. The summed E-state index contributed by atoms with van der Waals surface area (Å²) in [5.41, 5.74) is 11.2. The minimum Gasteiger partial charge on any atom is -0.245 e. The zero-order chi connectivity index (χ0) is 18.7. The lowest BCUT2D eigenvalue weighted by Crippen LogP contribution is -1.96. The van der Waals surface area contributed by atoms with Crippen molar-refractivity contribution in [1.82, 2.24) is 4.98 Å². The molecule has 0 aliphatic rings. The van der Waals surface area contributed by atoms with Gasteiger partial charge in [0.15, 0.2) is 9.84 Å². The number of sulfone groups is 1. The van der Waals surface area contributed by atoms with Crippen molar-refractivity contribution < 1.29 is 12.8 Å². The minimum atomic E-state index is -3.30. The van der Waals surface area contributed by atoms with E-state index >= 15 is 0 Å². The fourth-order valence-electron chi connectivity index (χ4n) is 2.49. The quantitative estimate of drug-likeness (QED) is 0.372. The van der Waals surface area contributed by atoms with Crippen LogP contribution in [0.3, 0.4) is 0 Å². The van der Waals surface area contributed by atoms with Crippen molar-refractivity contribution in [2.24, 2.45) is 5.11 Å². The first-order valence-corrected chi connectivity index (χ1v) is 9.40. The average molecular weight is 368 g/mol. The molecule has 0 aliphatic heterocycles. The number of pyridine rings is 1. The zero-order valence-corrected chi connectivity index (χ0v) is 14.5. The SMILES string of the molecule is CS(=O)(=O)c1ccc(-c2ccc(N=[N+]=[N-])nc2-c2ccc(F)cc2)cc1. The predicted molar refractivity (Wildman–Crippen MR) is 97.0 cm³/mol. The molecule has 0 N–H and O–H groups in total. The number of rotatable bonds is 4. The summed E-state index contributed by atoms with van der Waals surface area (Å²) in [6.07, 6.45) is 1.14. The Labute approximate surface area is 149 Å². The van der Waals surface area contributed by atoms with Gasteiger partial charge in [-0.2, -0.15) is 0 Å². The van der Waals surface area contributed by atoms with Crippen LogP contribution in [-0.2, 0) is 9.84 Å². The highest BCUT2D eigenvalue weighted by molar-refractivity contribution is 7.90. The summed E-state index contributed by atoms with van der Waals surface area (Å²) < 4.78 is 36.5. The Balaban J connectivity index is 2.17. The highest BCUT2D eigenvalue weighted by Gasteiger charge is 2.12. The molecule has 3 rings (SSSR count). The maximum atomic E-state index is 13.2. The minimum absolute atomic E-state index is 0.184. The van der Waals surface area contributed by atoms with Gasteiger partial charge in [0.1, 0.15) is 11.6 Å². The van der Waals surface area contributed by atoms with Crippen molar-refractivity contribution in [3.8, 4) is 22.4 Å². The largest absolute Gasteiger partial charge is 0.245 e. The van der Waals surface area contributed by atoms with Gasteiger partial charge < -0.3 is 0 Å². The Kier molecular flexibility index (Phi) is 4.71. The van der Waals surface area contributed by atoms with E-state index in [1.165, 1.54) is 24.3 Å². The topological polar surface area (TPSA) is 95.8 Å². The second-order valence-electron chi connectivity index (χ2n) is 5.56. The van der Waals surface area contributed by atoms with E-state index < -0.39 is 9.84 Å². The highest BCUT2D eigenvalue weighted by Crippen LogP contribution is 2.33. The van der Waals surface area contributed by atoms with Crippen LogP contribution < -0.4 is 0 Å². The van der Waals surface area contributed by atoms with Gasteiger partial charge in [-0.3, -0.25) is 0 Å². The molecule has 1 heterocycles. The molecular weight excluding hydrogens is 355 g/mol. The van der Waals surface area contributed by atoms with Crippen LogP contribution in [0.4, 0.5) is 10.2 Å². The van der Waals surface area contributed by atoms with Gasteiger partial charge in [-0.1, -0.05) is 18.2 Å². The summed E-state index contributed by atoms with van der Waals surface area (Å²) in [7, 11) is -3.30. The summed E-state index contributed by atoms with van der Waals surface area (Å²) in [6, 6.07) is 15.4. The fourth-order valence-corrected chi connectivity index (χ4v) is 3.12. The molecule has 0 aliphatic carbocycles. The molecule has 0 radical (unpaired) electrons. The molecule has 2 aromatic carbocycles. The number of halogens is 1. The molecule has 0 saturated heterocycles. The molecular formula is C18H13FN4O2S. The number of aromatic nitrogens is 1. The summed E-state index contributed by atoms with van der Waals surface area (Å²) in [5.74, 6) is -0.192. The second-order valence-corrected chi connectivity index (χ2v) is 7.57. The Morgan fingerprint density at radius 3 is 2.15 bits per heavy atom. The van der Waals surface area contributed by atoms with Crippen molar-refractivity contribution >= 4 is 15.7 Å². The van der Waals surface area contributed by atoms with Crippen molar-refractivity contribution in [1.29, 1.82) is 0 Å². The van der Waals surface area contributed by atoms with Gasteiger partial charge in [-0.25, -0.2) is 17.8 Å². The van der Waals surface area contributed by atoms with E-state index in [1.54, 1.807) is 36.4 Å². The molecule has 0 amide bonds. The Hall–Kier alpha value is -3.22. The number of hydrogen-bond acceptors (Lipinski definition) is 4. The molecule has 0 atom stereocenters. The van der Waals surface area contributed by atoms with E-state index in [0.29, 0.717) is 16.8 Å². The molecule has 1 aromatic heterocycles.